The summed E-state index contributed by atoms with van der Waals surface area (Å²) in [7, 11) is 0. The summed E-state index contributed by atoms with van der Waals surface area (Å²) >= 11 is 5.30. The van der Waals surface area contributed by atoms with E-state index in [0.29, 0.717) is 13.3 Å². The van der Waals surface area contributed by atoms with Gasteiger partial charge in [-0.15, -0.1) is 0 Å². The number of halogens is 3. The van der Waals surface area contributed by atoms with Gasteiger partial charge in [0.05, 0.1) is 0 Å². The summed E-state index contributed by atoms with van der Waals surface area (Å²) in [5, 5.41) is 0. The van der Waals surface area contributed by atoms with Crippen molar-refractivity contribution in [2.45, 2.75) is 32.1 Å². The summed E-state index contributed by atoms with van der Waals surface area (Å²) in [6.07, 6.45) is 7.50. The first kappa shape index (κ1) is 10.2. The molecule has 1 fully saturated rings. The fourth-order valence-corrected chi connectivity index (χ4v) is 0.884. The molecule has 1 saturated carbocycles. The molecule has 0 spiro atoms. The van der Waals surface area contributed by atoms with Crippen LogP contribution in [0.3, 0.4) is 0 Å². The van der Waals surface area contributed by atoms with Crippen molar-refractivity contribution in [1.29, 1.82) is 0 Å². The third kappa shape index (κ3) is 8.19. The van der Waals surface area contributed by atoms with Crippen LogP contribution in [0.25, 0.3) is 0 Å². The van der Waals surface area contributed by atoms with Gasteiger partial charge in [-0.1, -0.05) is 32.1 Å². The molecule has 0 saturated heterocycles. The van der Waals surface area contributed by atoms with Gasteiger partial charge >= 0.3 is 50.5 Å². The van der Waals surface area contributed by atoms with Gasteiger partial charge in [0, 0.05) is 0 Å². The summed E-state index contributed by atoms with van der Waals surface area (Å²) in [5.41, 5.74) is 0. The van der Waals surface area contributed by atoms with Crippen molar-refractivity contribution in [3.05, 3.63) is 0 Å². The van der Waals surface area contributed by atoms with Gasteiger partial charge in [-0.25, -0.2) is 0 Å². The summed E-state index contributed by atoms with van der Waals surface area (Å²) in [6.45, 7) is 0. The quantitative estimate of drug-likeness (QED) is 0.477. The Morgan fingerprint density at radius 3 is 1.00 bits per heavy atom. The van der Waals surface area contributed by atoms with Crippen molar-refractivity contribution >= 4 is 37.2 Å². The number of hydrogen-bond donors (Lipinski definition) is 0. The SMILES string of the molecule is C1CCCC1.I[I-]I. The second-order valence-electron chi connectivity index (χ2n) is 1.82. The topological polar surface area (TPSA) is 0 Å². The standard InChI is InChI=1S/C5H10.I3/c1-2-4-5-3-1;1-3-2/h1-5H2;/q;-1. The first-order valence-electron chi connectivity index (χ1n) is 2.79. The van der Waals surface area contributed by atoms with Crippen molar-refractivity contribution < 1.29 is 13.3 Å². The Bertz CT molecular complexity index is 27.0. The van der Waals surface area contributed by atoms with Gasteiger partial charge in [0.15, 0.2) is 0 Å². The molecule has 0 radical (unpaired) electrons. The van der Waals surface area contributed by atoms with E-state index in [4.69, 9.17) is 0 Å². The Balaban J connectivity index is 0.000000145. The predicted molar refractivity (Wildman–Crippen MR) is 51.1 cm³/mol. The van der Waals surface area contributed by atoms with E-state index in [1.807, 2.05) is 0 Å². The molecule has 52 valence electrons. The molecule has 0 heterocycles. The van der Waals surface area contributed by atoms with Crippen molar-refractivity contribution in [1.82, 2.24) is 0 Å². The first-order chi connectivity index (χ1) is 3.91. The molecular formula is C5H10I3-. The van der Waals surface area contributed by atoms with Crippen LogP contribution >= 0.6 is 37.2 Å². The molecule has 0 unspecified atom stereocenters. The van der Waals surface area contributed by atoms with Crippen molar-refractivity contribution in [3.8, 4) is 0 Å². The molecule has 0 amide bonds. The molecular weight excluding hydrogens is 441 g/mol. The summed E-state index contributed by atoms with van der Waals surface area (Å²) in [5.74, 6) is 0. The van der Waals surface area contributed by atoms with Crippen molar-refractivity contribution in [2.75, 3.05) is 0 Å². The summed E-state index contributed by atoms with van der Waals surface area (Å²) in [6, 6.07) is 0. The Kier molecular flexibility index (Phi) is 11.7. The predicted octanol–water partition coefficient (Wildman–Crippen LogP) is 0.726. The molecule has 0 aliphatic heterocycles. The maximum atomic E-state index is 2.39. The van der Waals surface area contributed by atoms with Crippen LogP contribution in [0.5, 0.6) is 0 Å². The molecule has 0 atom stereocenters. The third-order valence-corrected chi connectivity index (χ3v) is 1.25. The van der Waals surface area contributed by atoms with Crippen LogP contribution in [0.4, 0.5) is 0 Å². The molecule has 8 heavy (non-hydrogen) atoms. The summed E-state index contributed by atoms with van der Waals surface area (Å²) in [4.78, 5) is 0. The zero-order valence-corrected chi connectivity index (χ0v) is 11.1. The van der Waals surface area contributed by atoms with E-state index in [2.05, 4.69) is 37.2 Å². The molecule has 1 aliphatic carbocycles. The van der Waals surface area contributed by atoms with E-state index in [1.54, 1.807) is 0 Å². The van der Waals surface area contributed by atoms with E-state index >= 15 is 0 Å². The van der Waals surface area contributed by atoms with E-state index in [1.165, 1.54) is 32.1 Å². The second kappa shape index (κ2) is 9.19. The zero-order chi connectivity index (χ0) is 6.24. The molecule has 0 aromatic rings. The molecule has 3 heteroatoms. The zero-order valence-electron chi connectivity index (χ0n) is 4.67. The van der Waals surface area contributed by atoms with Gasteiger partial charge in [0.1, 0.15) is 0 Å². The van der Waals surface area contributed by atoms with E-state index in [0.717, 1.165) is 0 Å². The Morgan fingerprint density at radius 1 is 0.750 bits per heavy atom. The number of rotatable bonds is 0. The van der Waals surface area contributed by atoms with Crippen LogP contribution in [-0.2, 0) is 0 Å². The molecule has 1 aliphatic rings. The van der Waals surface area contributed by atoms with Gasteiger partial charge in [-0.3, -0.25) is 0 Å². The minimum atomic E-state index is 0.530. The molecule has 0 aromatic carbocycles. The Labute approximate surface area is 81.2 Å². The number of hydrogen-bond acceptors (Lipinski definition) is 0. The fraction of sp³-hybridized carbons (Fsp3) is 1.00. The van der Waals surface area contributed by atoms with Crippen LogP contribution in [0.15, 0.2) is 0 Å². The van der Waals surface area contributed by atoms with E-state index in [-0.39, 0.29) is 0 Å². The van der Waals surface area contributed by atoms with Crippen LogP contribution in [-0.4, -0.2) is 0 Å². The Hall–Kier alpha value is 2.19. The van der Waals surface area contributed by atoms with Crippen molar-refractivity contribution in [3.63, 3.8) is 0 Å². The minimum absolute atomic E-state index is 0.530. The third-order valence-electron chi connectivity index (χ3n) is 1.25. The van der Waals surface area contributed by atoms with E-state index in [9.17, 15) is 0 Å². The molecule has 0 N–H and O–H groups in total. The maximum absolute atomic E-state index is 2.39. The average Bonchev–Trinajstić information content (AvgIpc) is 2.17. The van der Waals surface area contributed by atoms with Crippen LogP contribution in [0.1, 0.15) is 32.1 Å². The molecule has 1 rings (SSSR count). The van der Waals surface area contributed by atoms with Gasteiger partial charge in [0.25, 0.3) is 0 Å². The van der Waals surface area contributed by atoms with Crippen LogP contribution < -0.4 is 13.3 Å². The molecule has 0 bridgehead atoms. The normalized spacial score (nSPS) is 17.8. The van der Waals surface area contributed by atoms with Crippen molar-refractivity contribution in [2.24, 2.45) is 0 Å². The summed E-state index contributed by atoms with van der Waals surface area (Å²) < 4.78 is 0. The van der Waals surface area contributed by atoms with E-state index < -0.39 is 0 Å². The van der Waals surface area contributed by atoms with Gasteiger partial charge in [-0.2, -0.15) is 0 Å². The fourth-order valence-electron chi connectivity index (χ4n) is 0.884. The first-order valence-corrected chi connectivity index (χ1v) is 15.4. The van der Waals surface area contributed by atoms with Gasteiger partial charge in [-0.05, 0) is 0 Å². The van der Waals surface area contributed by atoms with Gasteiger partial charge in [0.2, 0.25) is 0 Å². The molecule has 0 nitrogen and oxygen atoms in total. The average molecular weight is 451 g/mol. The van der Waals surface area contributed by atoms with Gasteiger partial charge < -0.3 is 0 Å². The monoisotopic (exact) mass is 451 g/mol. The van der Waals surface area contributed by atoms with Crippen LogP contribution in [0.2, 0.25) is 0 Å². The van der Waals surface area contributed by atoms with Crippen LogP contribution in [0, 0.1) is 0 Å². The molecule has 0 aromatic heterocycles. The second-order valence-corrected chi connectivity index (χ2v) is 18.1. The Morgan fingerprint density at radius 2 is 0.875 bits per heavy atom.